The fraction of sp³-hybridized carbons (Fsp3) is 0.438. The molecular weight excluding hydrogens is 236 g/mol. The van der Waals surface area contributed by atoms with Crippen LogP contribution in [0.1, 0.15) is 24.8 Å². The van der Waals surface area contributed by atoms with Gasteiger partial charge in [0.25, 0.3) is 0 Å². The maximum absolute atomic E-state index is 9.81. The van der Waals surface area contributed by atoms with E-state index in [1.54, 1.807) is 0 Å². The molecule has 0 aliphatic heterocycles. The molecule has 19 heavy (non-hydrogen) atoms. The van der Waals surface area contributed by atoms with Crippen LogP contribution in [0.25, 0.3) is 10.9 Å². The molecule has 100 valence electrons. The van der Waals surface area contributed by atoms with Gasteiger partial charge < -0.3 is 10.4 Å². The maximum atomic E-state index is 9.81. The lowest BCUT2D eigenvalue weighted by Gasteiger charge is -2.15. The predicted molar refractivity (Wildman–Crippen MR) is 76.8 cm³/mol. The minimum Gasteiger partial charge on any atom is -0.393 e. The van der Waals surface area contributed by atoms with Gasteiger partial charge in [0, 0.05) is 24.7 Å². The highest BCUT2D eigenvalue weighted by Crippen LogP contribution is 2.24. The summed E-state index contributed by atoms with van der Waals surface area (Å²) < 4.78 is 0. The summed E-state index contributed by atoms with van der Waals surface area (Å²) in [7, 11) is 0. The van der Waals surface area contributed by atoms with Crippen molar-refractivity contribution >= 4 is 10.9 Å². The number of aliphatic hydroxyl groups is 1. The zero-order chi connectivity index (χ0) is 13.1. The molecule has 1 aliphatic rings. The van der Waals surface area contributed by atoms with E-state index in [0.717, 1.165) is 37.9 Å². The molecule has 3 heteroatoms. The van der Waals surface area contributed by atoms with E-state index in [2.05, 4.69) is 34.6 Å². The first-order chi connectivity index (χ1) is 9.34. The SMILES string of the molecule is OC1CCCC1CNCc1cccc2cccnc12. The highest BCUT2D eigenvalue weighted by Gasteiger charge is 2.24. The number of rotatable bonds is 4. The van der Waals surface area contributed by atoms with Gasteiger partial charge >= 0.3 is 0 Å². The van der Waals surface area contributed by atoms with E-state index in [-0.39, 0.29) is 6.10 Å². The highest BCUT2D eigenvalue weighted by atomic mass is 16.3. The topological polar surface area (TPSA) is 45.1 Å². The molecule has 2 N–H and O–H groups in total. The molecule has 0 spiro atoms. The zero-order valence-electron chi connectivity index (χ0n) is 11.0. The van der Waals surface area contributed by atoms with Crippen molar-refractivity contribution in [2.24, 2.45) is 5.92 Å². The molecule has 1 aromatic heterocycles. The Bertz CT molecular complexity index is 550. The summed E-state index contributed by atoms with van der Waals surface area (Å²) in [5, 5.41) is 14.5. The number of benzene rings is 1. The van der Waals surface area contributed by atoms with Crippen molar-refractivity contribution in [3.05, 3.63) is 42.1 Å². The largest absolute Gasteiger partial charge is 0.393 e. The van der Waals surface area contributed by atoms with E-state index in [0.29, 0.717) is 5.92 Å². The van der Waals surface area contributed by atoms with Gasteiger partial charge in [0.15, 0.2) is 0 Å². The van der Waals surface area contributed by atoms with Gasteiger partial charge in [0.1, 0.15) is 0 Å². The van der Waals surface area contributed by atoms with Crippen LogP contribution in [0.4, 0.5) is 0 Å². The Labute approximate surface area is 113 Å². The first-order valence-corrected chi connectivity index (χ1v) is 7.06. The first-order valence-electron chi connectivity index (χ1n) is 7.06. The predicted octanol–water partition coefficient (Wildman–Crippen LogP) is 2.49. The quantitative estimate of drug-likeness (QED) is 0.883. The monoisotopic (exact) mass is 256 g/mol. The third-order valence-electron chi connectivity index (χ3n) is 4.06. The second-order valence-electron chi connectivity index (χ2n) is 5.38. The molecule has 0 bridgehead atoms. The third kappa shape index (κ3) is 2.77. The van der Waals surface area contributed by atoms with Crippen molar-refractivity contribution in [3.8, 4) is 0 Å². The number of pyridine rings is 1. The van der Waals surface area contributed by atoms with E-state index in [1.165, 1.54) is 10.9 Å². The minimum atomic E-state index is -0.113. The number of aromatic nitrogens is 1. The molecule has 1 aromatic carbocycles. The van der Waals surface area contributed by atoms with Crippen molar-refractivity contribution in [3.63, 3.8) is 0 Å². The maximum Gasteiger partial charge on any atom is 0.0746 e. The van der Waals surface area contributed by atoms with Crippen LogP contribution in [0.5, 0.6) is 0 Å². The lowest BCUT2D eigenvalue weighted by molar-refractivity contribution is 0.131. The smallest absolute Gasteiger partial charge is 0.0746 e. The van der Waals surface area contributed by atoms with Crippen LogP contribution < -0.4 is 5.32 Å². The summed E-state index contributed by atoms with van der Waals surface area (Å²) >= 11 is 0. The molecule has 2 aromatic rings. The van der Waals surface area contributed by atoms with Crippen LogP contribution in [0.3, 0.4) is 0 Å². The van der Waals surface area contributed by atoms with Gasteiger partial charge in [0.2, 0.25) is 0 Å². The van der Waals surface area contributed by atoms with Crippen LogP contribution in [-0.2, 0) is 6.54 Å². The Morgan fingerprint density at radius 3 is 2.95 bits per heavy atom. The van der Waals surface area contributed by atoms with E-state index >= 15 is 0 Å². The normalized spacial score (nSPS) is 23.0. The zero-order valence-corrected chi connectivity index (χ0v) is 11.0. The molecular formula is C16H20N2O. The first kappa shape index (κ1) is 12.6. The van der Waals surface area contributed by atoms with Gasteiger partial charge in [-0.15, -0.1) is 0 Å². The Morgan fingerprint density at radius 2 is 2.11 bits per heavy atom. The number of hydrogen-bond acceptors (Lipinski definition) is 3. The van der Waals surface area contributed by atoms with Crippen molar-refractivity contribution in [2.75, 3.05) is 6.54 Å². The fourth-order valence-electron chi connectivity index (χ4n) is 2.96. The number of nitrogens with one attached hydrogen (secondary N) is 1. The van der Waals surface area contributed by atoms with Crippen LogP contribution >= 0.6 is 0 Å². The van der Waals surface area contributed by atoms with E-state index in [1.807, 2.05) is 12.3 Å². The Morgan fingerprint density at radius 1 is 1.21 bits per heavy atom. The number of nitrogens with zero attached hydrogens (tertiary/aromatic N) is 1. The second kappa shape index (κ2) is 5.68. The van der Waals surface area contributed by atoms with Gasteiger partial charge in [-0.05, 0) is 30.4 Å². The Kier molecular flexibility index (Phi) is 3.76. The molecule has 3 rings (SSSR count). The number of para-hydroxylation sites is 1. The van der Waals surface area contributed by atoms with Crippen LogP contribution in [0.2, 0.25) is 0 Å². The van der Waals surface area contributed by atoms with Crippen molar-refractivity contribution in [1.82, 2.24) is 10.3 Å². The van der Waals surface area contributed by atoms with Crippen LogP contribution in [-0.4, -0.2) is 22.7 Å². The average Bonchev–Trinajstić information content (AvgIpc) is 2.85. The summed E-state index contributed by atoms with van der Waals surface area (Å²) in [5.74, 6) is 0.419. The fourth-order valence-corrected chi connectivity index (χ4v) is 2.96. The molecule has 2 unspecified atom stereocenters. The van der Waals surface area contributed by atoms with Crippen LogP contribution in [0.15, 0.2) is 36.5 Å². The van der Waals surface area contributed by atoms with Gasteiger partial charge in [-0.25, -0.2) is 0 Å². The van der Waals surface area contributed by atoms with Crippen molar-refractivity contribution < 1.29 is 5.11 Å². The molecule has 0 amide bonds. The van der Waals surface area contributed by atoms with E-state index < -0.39 is 0 Å². The van der Waals surface area contributed by atoms with Gasteiger partial charge in [-0.3, -0.25) is 4.98 Å². The number of fused-ring (bicyclic) bond motifs is 1. The van der Waals surface area contributed by atoms with Gasteiger partial charge in [0.05, 0.1) is 11.6 Å². The molecule has 1 fully saturated rings. The summed E-state index contributed by atoms with van der Waals surface area (Å²) in [5.41, 5.74) is 2.30. The average molecular weight is 256 g/mol. The molecule has 1 aliphatic carbocycles. The molecule has 1 heterocycles. The summed E-state index contributed by atoms with van der Waals surface area (Å²) in [6.45, 7) is 1.71. The molecule has 0 radical (unpaired) electrons. The van der Waals surface area contributed by atoms with E-state index in [4.69, 9.17) is 0 Å². The molecule has 1 saturated carbocycles. The van der Waals surface area contributed by atoms with E-state index in [9.17, 15) is 5.11 Å². The standard InChI is InChI=1S/C16H20N2O/c19-15-8-2-5-13(15)10-17-11-14-6-1-4-12-7-3-9-18-16(12)14/h1,3-4,6-7,9,13,15,17,19H,2,5,8,10-11H2. The lowest BCUT2D eigenvalue weighted by Crippen LogP contribution is -2.27. The second-order valence-corrected chi connectivity index (χ2v) is 5.38. The molecule has 2 atom stereocenters. The Hall–Kier alpha value is -1.45. The van der Waals surface area contributed by atoms with Gasteiger partial charge in [-0.2, -0.15) is 0 Å². The third-order valence-corrected chi connectivity index (χ3v) is 4.06. The van der Waals surface area contributed by atoms with Crippen molar-refractivity contribution in [2.45, 2.75) is 31.9 Å². The molecule has 3 nitrogen and oxygen atoms in total. The minimum absolute atomic E-state index is 0.113. The summed E-state index contributed by atoms with van der Waals surface area (Å²) in [6.07, 6.45) is 4.98. The van der Waals surface area contributed by atoms with Gasteiger partial charge in [-0.1, -0.05) is 30.7 Å². The Balaban J connectivity index is 1.65. The van der Waals surface area contributed by atoms with Crippen LogP contribution in [0, 0.1) is 5.92 Å². The summed E-state index contributed by atoms with van der Waals surface area (Å²) in [4.78, 5) is 4.46. The highest BCUT2D eigenvalue weighted by molar-refractivity contribution is 5.81. The number of hydrogen-bond donors (Lipinski definition) is 2. The molecule has 0 saturated heterocycles. The van der Waals surface area contributed by atoms with Crippen molar-refractivity contribution in [1.29, 1.82) is 0 Å². The lowest BCUT2D eigenvalue weighted by atomic mass is 10.1. The number of aliphatic hydroxyl groups excluding tert-OH is 1. The summed E-state index contributed by atoms with van der Waals surface area (Å²) in [6, 6.07) is 10.3.